The third-order valence-corrected chi connectivity index (χ3v) is 7.32. The Bertz CT molecular complexity index is 199. The number of hydrogen-bond acceptors (Lipinski definition) is 0. The highest BCUT2D eigenvalue weighted by atomic mass is 35.5. The summed E-state index contributed by atoms with van der Waals surface area (Å²) < 4.78 is -4.97. The first-order valence-electron chi connectivity index (χ1n) is 2.98. The van der Waals surface area contributed by atoms with E-state index in [2.05, 4.69) is 0 Å². The quantitative estimate of drug-likeness (QED) is 0.556. The lowest BCUT2D eigenvalue weighted by atomic mass is 10.3. The summed E-state index contributed by atoms with van der Waals surface area (Å²) in [5, 5.41) is -2.13. The van der Waals surface area contributed by atoms with Crippen LogP contribution < -0.4 is 0 Å². The van der Waals surface area contributed by atoms with E-state index in [1.807, 2.05) is 0 Å². The van der Waals surface area contributed by atoms with Gasteiger partial charge in [0.2, 0.25) is 0 Å². The van der Waals surface area contributed by atoms with E-state index in [9.17, 15) is 0 Å². The molecule has 0 N–H and O–H groups in total. The van der Waals surface area contributed by atoms with Crippen molar-refractivity contribution in [1.82, 2.24) is 0 Å². The highest BCUT2D eigenvalue weighted by Crippen LogP contribution is 2.65. The molecule has 0 radical (unpaired) electrons. The molecule has 0 saturated heterocycles. The first kappa shape index (κ1) is 13.4. The maximum atomic E-state index is 5.81. The van der Waals surface area contributed by atoms with E-state index in [0.717, 1.165) is 0 Å². The van der Waals surface area contributed by atoms with Gasteiger partial charge in [-0.05, 0) is 0 Å². The van der Waals surface area contributed by atoms with Crippen LogP contribution in [0.4, 0.5) is 0 Å². The number of alkyl halides is 8. The monoisotopic (exact) mass is 342 g/mol. The minimum atomic E-state index is -1.70. The van der Waals surface area contributed by atoms with Gasteiger partial charge in [0.15, 0.2) is 13.0 Å². The van der Waals surface area contributed by atoms with Gasteiger partial charge in [-0.15, -0.1) is 23.2 Å². The fraction of sp³-hybridized carbons (Fsp3) is 1.00. The molecular formula is C5H2Cl8. The van der Waals surface area contributed by atoms with E-state index in [0.29, 0.717) is 0 Å². The van der Waals surface area contributed by atoms with Crippen LogP contribution in [0.2, 0.25) is 0 Å². The van der Waals surface area contributed by atoms with E-state index in [4.69, 9.17) is 92.8 Å². The third-order valence-electron chi connectivity index (χ3n) is 1.76. The molecule has 0 aromatic carbocycles. The summed E-state index contributed by atoms with van der Waals surface area (Å²) in [7, 11) is 0. The average Bonchev–Trinajstić information content (AvgIpc) is 2.05. The number of hydrogen-bond donors (Lipinski definition) is 0. The van der Waals surface area contributed by atoms with Crippen LogP contribution >= 0.6 is 92.8 Å². The second-order valence-corrected chi connectivity index (χ2v) is 7.73. The van der Waals surface area contributed by atoms with Crippen LogP contribution in [0.15, 0.2) is 0 Å². The lowest BCUT2D eigenvalue weighted by Crippen LogP contribution is -2.39. The molecule has 2 unspecified atom stereocenters. The fourth-order valence-electron chi connectivity index (χ4n) is 0.950. The Kier molecular flexibility index (Phi) is 3.78. The molecule has 2 atom stereocenters. The molecule has 8 heteroatoms. The zero-order valence-corrected chi connectivity index (χ0v) is 11.7. The van der Waals surface area contributed by atoms with Crippen LogP contribution in [0.25, 0.3) is 0 Å². The van der Waals surface area contributed by atoms with Crippen molar-refractivity contribution >= 4 is 92.8 Å². The normalized spacial score (nSPS) is 40.6. The molecule has 0 aromatic heterocycles. The summed E-state index contributed by atoms with van der Waals surface area (Å²) in [5.74, 6) is 0. The lowest BCUT2D eigenvalue weighted by molar-refractivity contribution is 0.772. The van der Waals surface area contributed by atoms with Gasteiger partial charge in [-0.1, -0.05) is 69.6 Å². The largest absolute Gasteiger partial charge is 0.171 e. The molecule has 1 fully saturated rings. The van der Waals surface area contributed by atoms with Crippen molar-refractivity contribution in [1.29, 1.82) is 0 Å². The van der Waals surface area contributed by atoms with E-state index in [1.54, 1.807) is 0 Å². The molecule has 0 nitrogen and oxygen atoms in total. The van der Waals surface area contributed by atoms with Gasteiger partial charge in [-0.2, -0.15) is 0 Å². The van der Waals surface area contributed by atoms with Gasteiger partial charge in [-0.25, -0.2) is 0 Å². The van der Waals surface area contributed by atoms with Crippen LogP contribution in [-0.4, -0.2) is 23.8 Å². The van der Waals surface area contributed by atoms with Gasteiger partial charge in [0.25, 0.3) is 0 Å². The van der Waals surface area contributed by atoms with Crippen molar-refractivity contribution in [3.05, 3.63) is 0 Å². The summed E-state index contributed by atoms with van der Waals surface area (Å²) in [6.45, 7) is 0. The van der Waals surface area contributed by atoms with Crippen molar-refractivity contribution in [3.8, 4) is 0 Å². The van der Waals surface area contributed by atoms with Gasteiger partial charge in [0.1, 0.15) is 10.8 Å². The second-order valence-electron chi connectivity index (χ2n) is 2.65. The predicted octanol–water partition coefficient (Wildman–Crippen LogP) is 4.74. The summed E-state index contributed by atoms with van der Waals surface area (Å²) in [6, 6.07) is 0. The van der Waals surface area contributed by atoms with Crippen molar-refractivity contribution < 1.29 is 0 Å². The lowest BCUT2D eigenvalue weighted by Gasteiger charge is -2.27. The van der Waals surface area contributed by atoms with Gasteiger partial charge < -0.3 is 0 Å². The maximum absolute atomic E-state index is 5.81. The van der Waals surface area contributed by atoms with Crippen LogP contribution in [-0.2, 0) is 0 Å². The van der Waals surface area contributed by atoms with Gasteiger partial charge >= 0.3 is 0 Å². The molecular weight excluding hydrogens is 344 g/mol. The van der Waals surface area contributed by atoms with Crippen LogP contribution in [0.3, 0.4) is 0 Å². The maximum Gasteiger partial charge on any atom is 0.171 e. The summed E-state index contributed by atoms with van der Waals surface area (Å²) >= 11 is 46.4. The summed E-state index contributed by atoms with van der Waals surface area (Å²) in [6.07, 6.45) is 0. The standard InChI is InChI=1S/C5H2Cl8/c6-1-3(8,9)2(7)5(12,13)4(1,10)11/h1-2H. The molecule has 0 aliphatic heterocycles. The smallest absolute Gasteiger partial charge is 0.116 e. The summed E-state index contributed by atoms with van der Waals surface area (Å²) in [5.41, 5.74) is 0. The SMILES string of the molecule is ClC1C(Cl)(Cl)C(Cl)C(Cl)(Cl)C1(Cl)Cl. The van der Waals surface area contributed by atoms with Gasteiger partial charge in [-0.3, -0.25) is 0 Å². The zero-order chi connectivity index (χ0) is 10.7. The molecule has 1 aliphatic carbocycles. The molecule has 0 amide bonds. The Labute approximate surface area is 116 Å². The van der Waals surface area contributed by atoms with E-state index >= 15 is 0 Å². The number of halogens is 8. The van der Waals surface area contributed by atoms with E-state index in [-0.39, 0.29) is 0 Å². The molecule has 0 spiro atoms. The Morgan fingerprint density at radius 3 is 0.923 bits per heavy atom. The highest BCUT2D eigenvalue weighted by molar-refractivity contribution is 6.72. The molecule has 0 heterocycles. The zero-order valence-electron chi connectivity index (χ0n) is 5.68. The van der Waals surface area contributed by atoms with Crippen LogP contribution in [0, 0.1) is 0 Å². The van der Waals surface area contributed by atoms with E-state index < -0.39 is 23.8 Å². The Balaban J connectivity index is 3.20. The van der Waals surface area contributed by atoms with Crippen molar-refractivity contribution in [2.24, 2.45) is 0 Å². The predicted molar refractivity (Wildman–Crippen MR) is 62.6 cm³/mol. The minimum absolute atomic E-state index is 1.07. The second kappa shape index (κ2) is 3.67. The highest BCUT2D eigenvalue weighted by Gasteiger charge is 2.73. The Morgan fingerprint density at radius 2 is 0.846 bits per heavy atom. The van der Waals surface area contributed by atoms with Crippen molar-refractivity contribution in [2.75, 3.05) is 0 Å². The molecule has 13 heavy (non-hydrogen) atoms. The first-order valence-corrected chi connectivity index (χ1v) is 6.12. The molecule has 1 rings (SSSR count). The molecule has 0 bridgehead atoms. The minimum Gasteiger partial charge on any atom is -0.116 e. The van der Waals surface area contributed by atoms with Gasteiger partial charge in [0.05, 0.1) is 0 Å². The molecule has 1 saturated carbocycles. The molecule has 0 aromatic rings. The Hall–Kier alpha value is 2.32. The average molecular weight is 346 g/mol. The number of rotatable bonds is 0. The molecule has 78 valence electrons. The van der Waals surface area contributed by atoms with Crippen LogP contribution in [0.1, 0.15) is 0 Å². The molecule has 1 aliphatic rings. The summed E-state index contributed by atoms with van der Waals surface area (Å²) in [4.78, 5) is 0. The van der Waals surface area contributed by atoms with Crippen molar-refractivity contribution in [3.63, 3.8) is 0 Å². The van der Waals surface area contributed by atoms with Crippen molar-refractivity contribution in [2.45, 2.75) is 23.8 Å². The van der Waals surface area contributed by atoms with Gasteiger partial charge in [0, 0.05) is 0 Å². The third kappa shape index (κ3) is 1.74. The fourth-order valence-corrected chi connectivity index (χ4v) is 4.06. The Morgan fingerprint density at radius 1 is 0.615 bits per heavy atom. The van der Waals surface area contributed by atoms with Crippen LogP contribution in [0.5, 0.6) is 0 Å². The topological polar surface area (TPSA) is 0 Å². The first-order chi connectivity index (χ1) is 5.56. The van der Waals surface area contributed by atoms with E-state index in [1.165, 1.54) is 0 Å².